The molecule has 0 aliphatic carbocycles. The highest BCUT2D eigenvalue weighted by molar-refractivity contribution is 7.99. The van der Waals surface area contributed by atoms with Crippen LogP contribution < -0.4 is 29.0 Å². The Morgan fingerprint density at radius 1 is 1.04 bits per heavy atom. The van der Waals surface area contributed by atoms with Gasteiger partial charge in [0.1, 0.15) is 11.5 Å². The number of carbonyl (C=O) groups is 2. The fourth-order valence-electron chi connectivity index (χ4n) is 9.63. The van der Waals surface area contributed by atoms with E-state index in [9.17, 15) is 24.9 Å². The molecule has 5 aliphatic rings. The average Bonchev–Trinajstić information content (AvgIpc) is 3.60. The lowest BCUT2D eigenvalue weighted by Gasteiger charge is -2.58. The Labute approximate surface area is 323 Å². The highest BCUT2D eigenvalue weighted by Crippen LogP contribution is 2.67. The number of benzene rings is 3. The molecule has 0 unspecified atom stereocenters. The molecule has 4 N–H and O–H groups in total. The summed E-state index contributed by atoms with van der Waals surface area (Å²) in [4.78, 5) is 31.6. The van der Waals surface area contributed by atoms with Gasteiger partial charge in [0.25, 0.3) is 0 Å². The van der Waals surface area contributed by atoms with E-state index in [2.05, 4.69) is 5.32 Å². The third-order valence-corrected chi connectivity index (χ3v) is 13.0. The number of fused-ring (bicyclic) bond motifs is 8. The zero-order chi connectivity index (χ0) is 39.1. The SMILES string of the molecule is COc1cc2c(cc1O)CCN[C@@]21CS[C@@H]2c3c(OC(C)=O)c(C)c4c(c3[C@H](CCOC1=O)N1[C@@H]2c2c(cc(C)c(OC)c2O)C[C@]1(O)CN(C)C)OCO4. The van der Waals surface area contributed by atoms with Crippen LogP contribution in [0.3, 0.4) is 0 Å². The van der Waals surface area contributed by atoms with Crippen molar-refractivity contribution in [2.75, 3.05) is 60.6 Å². The number of nitrogens with zero attached hydrogens (tertiary/aromatic N) is 2. The number of nitrogens with one attached hydrogen (secondary N) is 1. The maximum Gasteiger partial charge on any atom is 0.331 e. The van der Waals surface area contributed by atoms with Gasteiger partial charge in [0.2, 0.25) is 6.79 Å². The van der Waals surface area contributed by atoms with Crippen molar-refractivity contribution in [3.63, 3.8) is 0 Å². The number of cyclic esters (lactones) is 1. The van der Waals surface area contributed by atoms with Gasteiger partial charge in [-0.25, -0.2) is 4.79 Å². The molecule has 0 saturated heterocycles. The lowest BCUT2D eigenvalue weighted by atomic mass is 9.74. The molecule has 55 heavy (non-hydrogen) atoms. The van der Waals surface area contributed by atoms with Gasteiger partial charge in [-0.2, -0.15) is 0 Å². The number of aromatic hydroxyl groups is 2. The van der Waals surface area contributed by atoms with Gasteiger partial charge in [-0.3, -0.25) is 15.0 Å². The Bertz CT molecular complexity index is 2110. The van der Waals surface area contributed by atoms with Crippen LogP contribution in [0, 0.1) is 13.8 Å². The van der Waals surface area contributed by atoms with E-state index in [0.29, 0.717) is 69.3 Å². The summed E-state index contributed by atoms with van der Waals surface area (Å²) in [5.41, 5.74) is 2.41. The van der Waals surface area contributed by atoms with E-state index in [-0.39, 0.29) is 55.8 Å². The second kappa shape index (κ2) is 13.7. The van der Waals surface area contributed by atoms with E-state index in [1.165, 1.54) is 32.9 Å². The van der Waals surface area contributed by atoms with Crippen molar-refractivity contribution in [1.82, 2.24) is 15.1 Å². The molecule has 0 saturated carbocycles. The van der Waals surface area contributed by atoms with Crippen molar-refractivity contribution in [1.29, 1.82) is 0 Å². The molecular weight excluding hydrogens is 731 g/mol. The number of hydrogen-bond acceptors (Lipinski definition) is 15. The molecule has 0 radical (unpaired) electrons. The van der Waals surface area contributed by atoms with Crippen LogP contribution in [-0.4, -0.2) is 103 Å². The molecule has 14 nitrogen and oxygen atoms in total. The number of esters is 2. The lowest BCUT2D eigenvalue weighted by Crippen LogP contribution is -2.62. The molecule has 0 aromatic heterocycles. The molecule has 5 atom stereocenters. The van der Waals surface area contributed by atoms with Crippen LogP contribution in [-0.2, 0) is 32.7 Å². The normalized spacial score (nSPS) is 26.7. The number of phenolic OH excluding ortho intramolecular Hbond substituents is 2. The second-order valence-corrected chi connectivity index (χ2v) is 16.4. The summed E-state index contributed by atoms with van der Waals surface area (Å²) in [7, 11) is 6.76. The maximum absolute atomic E-state index is 14.6. The highest BCUT2D eigenvalue weighted by atomic mass is 32.2. The zero-order valence-corrected chi connectivity index (χ0v) is 32.8. The Balaban J connectivity index is 1.46. The Morgan fingerprint density at radius 2 is 1.80 bits per heavy atom. The van der Waals surface area contributed by atoms with Crippen LogP contribution in [0.5, 0.6) is 40.2 Å². The van der Waals surface area contributed by atoms with E-state index < -0.39 is 40.5 Å². The van der Waals surface area contributed by atoms with Crippen molar-refractivity contribution in [2.45, 2.75) is 68.6 Å². The molecular formula is C40H47N3O11S. The van der Waals surface area contributed by atoms with Gasteiger partial charge in [0, 0.05) is 66.9 Å². The van der Waals surface area contributed by atoms with E-state index in [0.717, 1.165) is 11.1 Å². The van der Waals surface area contributed by atoms with Gasteiger partial charge >= 0.3 is 11.9 Å². The lowest BCUT2D eigenvalue weighted by molar-refractivity contribution is -0.178. The highest BCUT2D eigenvalue weighted by Gasteiger charge is 2.59. The molecule has 294 valence electrons. The fraction of sp³-hybridized carbons (Fsp3) is 0.500. The van der Waals surface area contributed by atoms with Gasteiger partial charge < -0.3 is 48.6 Å². The number of likely N-dealkylation sites (N-methyl/N-ethyl adjacent to an activating group) is 1. The zero-order valence-electron chi connectivity index (χ0n) is 32.0. The number of hydrogen-bond donors (Lipinski definition) is 4. The molecule has 3 aromatic carbocycles. The van der Waals surface area contributed by atoms with E-state index in [1.54, 1.807) is 12.1 Å². The average molecular weight is 778 g/mol. The van der Waals surface area contributed by atoms with E-state index >= 15 is 0 Å². The van der Waals surface area contributed by atoms with E-state index in [4.69, 9.17) is 28.4 Å². The predicted molar refractivity (Wildman–Crippen MR) is 201 cm³/mol. The number of aryl methyl sites for hydroxylation is 1. The van der Waals surface area contributed by atoms with Gasteiger partial charge in [-0.05, 0) is 68.8 Å². The molecule has 0 amide bonds. The van der Waals surface area contributed by atoms with Crippen molar-refractivity contribution in [3.05, 3.63) is 62.7 Å². The minimum absolute atomic E-state index is 0.0320. The van der Waals surface area contributed by atoms with Gasteiger partial charge in [-0.1, -0.05) is 6.07 Å². The minimum Gasteiger partial charge on any atom is -0.504 e. The van der Waals surface area contributed by atoms with Crippen LogP contribution in [0.1, 0.15) is 75.2 Å². The number of phenols is 2. The molecule has 15 heteroatoms. The first kappa shape index (κ1) is 37.5. The third kappa shape index (κ3) is 5.68. The van der Waals surface area contributed by atoms with Crippen molar-refractivity contribution >= 4 is 23.7 Å². The van der Waals surface area contributed by atoms with Crippen molar-refractivity contribution in [2.24, 2.45) is 0 Å². The fourth-order valence-corrected chi connectivity index (χ4v) is 11.3. The van der Waals surface area contributed by atoms with Crippen molar-refractivity contribution in [3.8, 4) is 40.2 Å². The Hall–Kier alpha value is -4.41. The number of methoxy groups -OCH3 is 2. The molecule has 5 aliphatic heterocycles. The predicted octanol–water partition coefficient (Wildman–Crippen LogP) is 4.05. The minimum atomic E-state index is -1.51. The third-order valence-electron chi connectivity index (χ3n) is 11.6. The van der Waals surface area contributed by atoms with Crippen LogP contribution >= 0.6 is 11.8 Å². The molecule has 1 spiro atoms. The summed E-state index contributed by atoms with van der Waals surface area (Å²) in [6.45, 7) is 5.55. The standard InChI is InChI=1S/C40H47N3O11S/c1-19-12-23-15-39(48,16-42(4)5)43-25-9-11-51-38(47)40(24-14-27(49-6)26(45)13-22(24)8-10-41-40)17-55-37(31(43)28(23)32(46)33(19)50-7)30-29(25)36-35(52-18-53-36)20(2)34(30)54-21(3)44/h12-14,25,31,37,41,45-46,48H,8-11,15-18H2,1-7H3/t25-,31+,37+,39-,40-/m0/s1. The first-order valence-electron chi connectivity index (χ1n) is 18.4. The van der Waals surface area contributed by atoms with Crippen LogP contribution in [0.4, 0.5) is 0 Å². The van der Waals surface area contributed by atoms with Crippen LogP contribution in [0.15, 0.2) is 18.2 Å². The Kier molecular flexibility index (Phi) is 9.31. The quantitative estimate of drug-likeness (QED) is 0.216. The summed E-state index contributed by atoms with van der Waals surface area (Å²) in [5, 5.41) is 39.0. The monoisotopic (exact) mass is 777 g/mol. The van der Waals surface area contributed by atoms with E-state index in [1.807, 2.05) is 43.8 Å². The summed E-state index contributed by atoms with van der Waals surface area (Å²) in [5.74, 6) is 0.748. The summed E-state index contributed by atoms with van der Waals surface area (Å²) in [6.07, 6.45) is 0.916. The summed E-state index contributed by atoms with van der Waals surface area (Å²) >= 11 is 1.42. The van der Waals surface area contributed by atoms with Crippen molar-refractivity contribution < 1.29 is 53.3 Å². The largest absolute Gasteiger partial charge is 0.504 e. The maximum atomic E-state index is 14.6. The van der Waals surface area contributed by atoms with Gasteiger partial charge in [0.15, 0.2) is 40.0 Å². The summed E-state index contributed by atoms with van der Waals surface area (Å²) in [6, 6.07) is 3.85. The summed E-state index contributed by atoms with van der Waals surface area (Å²) < 4.78 is 36.0. The smallest absolute Gasteiger partial charge is 0.331 e. The molecule has 0 fully saturated rings. The van der Waals surface area contributed by atoms with Gasteiger partial charge in [0.05, 0.1) is 32.1 Å². The molecule has 5 heterocycles. The number of aliphatic hydroxyl groups is 1. The molecule has 8 rings (SSSR count). The topological polar surface area (TPSA) is 169 Å². The first-order chi connectivity index (χ1) is 26.2. The number of rotatable bonds is 5. The molecule has 2 bridgehead atoms. The van der Waals surface area contributed by atoms with Crippen LogP contribution in [0.2, 0.25) is 0 Å². The number of thioether (sulfide) groups is 1. The first-order valence-corrected chi connectivity index (χ1v) is 19.4. The van der Waals surface area contributed by atoms with Crippen LogP contribution in [0.25, 0.3) is 0 Å². The molecule has 3 aromatic rings. The second-order valence-electron chi connectivity index (χ2n) is 15.3. The Morgan fingerprint density at radius 3 is 2.51 bits per heavy atom. The van der Waals surface area contributed by atoms with Gasteiger partial charge in [-0.15, -0.1) is 11.8 Å². The number of ether oxygens (including phenoxy) is 6. The number of carbonyl (C=O) groups excluding carboxylic acids is 2.